The van der Waals surface area contributed by atoms with E-state index in [0.717, 1.165) is 24.9 Å². The molecule has 2 rings (SSSR count). The van der Waals surface area contributed by atoms with Crippen molar-refractivity contribution >= 4 is 0 Å². The molecule has 1 saturated carbocycles. The maximum atomic E-state index is 5.22. The first-order valence-electron chi connectivity index (χ1n) is 7.32. The standard InChI is InChI=1S/C16H26N2O/c1-4-17-16(12-18(2)14-6-5-7-14)13-8-10-15(19-3)11-9-13/h8-11,14,16-17H,4-7,12H2,1-3H3. The highest BCUT2D eigenvalue weighted by Crippen LogP contribution is 2.26. The predicted octanol–water partition coefficient (Wildman–Crippen LogP) is 2.83. The molecule has 3 heteroatoms. The summed E-state index contributed by atoms with van der Waals surface area (Å²) in [6.45, 7) is 4.24. The van der Waals surface area contributed by atoms with Crippen LogP contribution in [-0.4, -0.2) is 38.2 Å². The number of hydrogen-bond acceptors (Lipinski definition) is 3. The van der Waals surface area contributed by atoms with Gasteiger partial charge in [-0.1, -0.05) is 25.5 Å². The largest absolute Gasteiger partial charge is 0.497 e. The predicted molar refractivity (Wildman–Crippen MR) is 79.7 cm³/mol. The van der Waals surface area contributed by atoms with Crippen LogP contribution in [0.25, 0.3) is 0 Å². The molecule has 1 aromatic carbocycles. The van der Waals surface area contributed by atoms with Crippen molar-refractivity contribution in [1.29, 1.82) is 0 Å². The van der Waals surface area contributed by atoms with Crippen LogP contribution in [0.2, 0.25) is 0 Å². The first-order valence-corrected chi connectivity index (χ1v) is 7.32. The van der Waals surface area contributed by atoms with E-state index >= 15 is 0 Å². The fraction of sp³-hybridized carbons (Fsp3) is 0.625. The highest BCUT2D eigenvalue weighted by atomic mass is 16.5. The maximum absolute atomic E-state index is 5.22. The number of rotatable bonds is 7. The van der Waals surface area contributed by atoms with Gasteiger partial charge in [-0.25, -0.2) is 0 Å². The van der Waals surface area contributed by atoms with E-state index in [1.165, 1.54) is 24.8 Å². The van der Waals surface area contributed by atoms with Crippen LogP contribution in [0.3, 0.4) is 0 Å². The molecule has 0 bridgehead atoms. The molecule has 3 nitrogen and oxygen atoms in total. The zero-order valence-electron chi connectivity index (χ0n) is 12.4. The third-order valence-electron chi connectivity index (χ3n) is 4.14. The average molecular weight is 262 g/mol. The van der Waals surface area contributed by atoms with Crippen LogP contribution in [0.5, 0.6) is 5.75 Å². The Morgan fingerprint density at radius 2 is 2.00 bits per heavy atom. The summed E-state index contributed by atoms with van der Waals surface area (Å²) in [6, 6.07) is 9.62. The summed E-state index contributed by atoms with van der Waals surface area (Å²) in [5.74, 6) is 0.923. The molecule has 1 fully saturated rings. The fourth-order valence-corrected chi connectivity index (χ4v) is 2.63. The van der Waals surface area contributed by atoms with Crippen LogP contribution >= 0.6 is 0 Å². The van der Waals surface area contributed by atoms with Crippen molar-refractivity contribution in [1.82, 2.24) is 10.2 Å². The minimum absolute atomic E-state index is 0.404. The Bertz CT molecular complexity index is 373. The second-order valence-electron chi connectivity index (χ2n) is 5.41. The van der Waals surface area contributed by atoms with Gasteiger partial charge >= 0.3 is 0 Å². The molecule has 0 amide bonds. The minimum Gasteiger partial charge on any atom is -0.497 e. The Morgan fingerprint density at radius 3 is 2.47 bits per heavy atom. The van der Waals surface area contributed by atoms with Gasteiger partial charge in [-0.15, -0.1) is 0 Å². The van der Waals surface area contributed by atoms with Gasteiger partial charge in [0.2, 0.25) is 0 Å². The molecule has 0 heterocycles. The Kier molecular flexibility index (Phi) is 5.23. The second-order valence-corrected chi connectivity index (χ2v) is 5.41. The molecular weight excluding hydrogens is 236 g/mol. The molecule has 1 aliphatic carbocycles. The van der Waals surface area contributed by atoms with Gasteiger partial charge in [0.1, 0.15) is 5.75 Å². The summed E-state index contributed by atoms with van der Waals surface area (Å²) in [6.07, 6.45) is 4.11. The molecule has 19 heavy (non-hydrogen) atoms. The number of methoxy groups -OCH3 is 1. The van der Waals surface area contributed by atoms with Gasteiger partial charge in [-0.05, 0) is 44.1 Å². The SMILES string of the molecule is CCNC(CN(C)C1CCC1)c1ccc(OC)cc1. The van der Waals surface area contributed by atoms with Crippen LogP contribution in [0.4, 0.5) is 0 Å². The molecule has 0 saturated heterocycles. The van der Waals surface area contributed by atoms with Crippen molar-refractivity contribution in [2.45, 2.75) is 38.3 Å². The fourth-order valence-electron chi connectivity index (χ4n) is 2.63. The second kappa shape index (κ2) is 6.92. The summed E-state index contributed by atoms with van der Waals surface area (Å²) in [4.78, 5) is 2.50. The molecule has 1 aromatic rings. The lowest BCUT2D eigenvalue weighted by atomic mass is 9.91. The normalized spacial score (nSPS) is 17.3. The molecule has 0 radical (unpaired) electrons. The third-order valence-corrected chi connectivity index (χ3v) is 4.14. The highest BCUT2D eigenvalue weighted by molar-refractivity contribution is 5.29. The van der Waals surface area contributed by atoms with Crippen molar-refractivity contribution in [3.63, 3.8) is 0 Å². The lowest BCUT2D eigenvalue weighted by Crippen LogP contribution is -2.42. The minimum atomic E-state index is 0.404. The van der Waals surface area contributed by atoms with E-state index in [4.69, 9.17) is 4.74 Å². The Balaban J connectivity index is 2.00. The molecule has 1 N–H and O–H groups in total. The van der Waals surface area contributed by atoms with Crippen molar-refractivity contribution in [3.8, 4) is 5.75 Å². The lowest BCUT2D eigenvalue weighted by molar-refractivity contribution is 0.145. The van der Waals surface area contributed by atoms with Crippen LogP contribution < -0.4 is 10.1 Å². The maximum Gasteiger partial charge on any atom is 0.118 e. The first kappa shape index (κ1) is 14.4. The van der Waals surface area contributed by atoms with Gasteiger partial charge in [-0.3, -0.25) is 0 Å². The summed E-state index contributed by atoms with van der Waals surface area (Å²) in [5.41, 5.74) is 1.34. The molecule has 1 unspecified atom stereocenters. The van der Waals surface area contributed by atoms with Crippen LogP contribution in [0, 0.1) is 0 Å². The summed E-state index contributed by atoms with van der Waals surface area (Å²) in [5, 5.41) is 3.59. The van der Waals surface area contributed by atoms with E-state index in [0.29, 0.717) is 6.04 Å². The van der Waals surface area contributed by atoms with Crippen molar-refractivity contribution < 1.29 is 4.74 Å². The number of ether oxygens (including phenoxy) is 1. The van der Waals surface area contributed by atoms with E-state index in [1.54, 1.807) is 7.11 Å². The third kappa shape index (κ3) is 3.71. The molecular formula is C16H26N2O. The molecule has 1 aliphatic rings. The van der Waals surface area contributed by atoms with Crippen LogP contribution in [-0.2, 0) is 0 Å². The van der Waals surface area contributed by atoms with Crippen molar-refractivity contribution in [2.24, 2.45) is 0 Å². The first-order chi connectivity index (χ1) is 9.24. The monoisotopic (exact) mass is 262 g/mol. The van der Waals surface area contributed by atoms with E-state index in [9.17, 15) is 0 Å². The van der Waals surface area contributed by atoms with E-state index in [2.05, 4.69) is 36.3 Å². The van der Waals surface area contributed by atoms with Crippen LogP contribution in [0.1, 0.15) is 37.8 Å². The Morgan fingerprint density at radius 1 is 1.32 bits per heavy atom. The molecule has 106 valence electrons. The van der Waals surface area contributed by atoms with Crippen molar-refractivity contribution in [2.75, 3.05) is 27.2 Å². The average Bonchev–Trinajstić information content (AvgIpc) is 2.36. The van der Waals surface area contributed by atoms with Crippen molar-refractivity contribution in [3.05, 3.63) is 29.8 Å². The van der Waals surface area contributed by atoms with E-state index in [1.807, 2.05) is 12.1 Å². The number of nitrogens with zero attached hydrogens (tertiary/aromatic N) is 1. The van der Waals surface area contributed by atoms with E-state index in [-0.39, 0.29) is 0 Å². The zero-order valence-corrected chi connectivity index (χ0v) is 12.4. The smallest absolute Gasteiger partial charge is 0.118 e. The van der Waals surface area contributed by atoms with E-state index < -0.39 is 0 Å². The number of hydrogen-bond donors (Lipinski definition) is 1. The number of nitrogens with one attached hydrogen (secondary N) is 1. The molecule has 0 aliphatic heterocycles. The van der Waals surface area contributed by atoms with Gasteiger partial charge in [0.15, 0.2) is 0 Å². The quantitative estimate of drug-likeness (QED) is 0.818. The lowest BCUT2D eigenvalue weighted by Gasteiger charge is -2.37. The van der Waals surface area contributed by atoms with Crippen LogP contribution in [0.15, 0.2) is 24.3 Å². The topological polar surface area (TPSA) is 24.5 Å². The van der Waals surface area contributed by atoms with Gasteiger partial charge in [-0.2, -0.15) is 0 Å². The van der Waals surface area contributed by atoms with Gasteiger partial charge in [0, 0.05) is 18.6 Å². The molecule has 1 atom stereocenters. The molecule has 0 spiro atoms. The van der Waals surface area contributed by atoms with Gasteiger partial charge < -0.3 is 15.0 Å². The number of benzene rings is 1. The van der Waals surface area contributed by atoms with Gasteiger partial charge in [0.05, 0.1) is 7.11 Å². The summed E-state index contributed by atoms with van der Waals surface area (Å²) in [7, 11) is 3.96. The Labute approximate surface area is 116 Å². The summed E-state index contributed by atoms with van der Waals surface area (Å²) >= 11 is 0. The Hall–Kier alpha value is -1.06. The highest BCUT2D eigenvalue weighted by Gasteiger charge is 2.24. The number of likely N-dealkylation sites (N-methyl/N-ethyl adjacent to an activating group) is 2. The zero-order chi connectivity index (χ0) is 13.7. The van der Waals surface area contributed by atoms with Gasteiger partial charge in [0.25, 0.3) is 0 Å². The molecule has 0 aromatic heterocycles. The summed E-state index contributed by atoms with van der Waals surface area (Å²) < 4.78 is 5.22.